The molecule has 98 valence electrons. The number of rotatable bonds is 4. The Morgan fingerprint density at radius 1 is 1.35 bits per heavy atom. The zero-order valence-electron chi connectivity index (χ0n) is 11.1. The molecule has 0 aliphatic heterocycles. The zero-order valence-corrected chi connectivity index (χ0v) is 12.0. The smallest absolute Gasteiger partial charge is 0.226 e. The van der Waals surface area contributed by atoms with Crippen molar-refractivity contribution in [3.63, 3.8) is 0 Å². The molecular weight excluding hydrogens is 232 g/mol. The van der Waals surface area contributed by atoms with E-state index in [-0.39, 0.29) is 11.3 Å². The lowest BCUT2D eigenvalue weighted by Gasteiger charge is -2.39. The van der Waals surface area contributed by atoms with Gasteiger partial charge in [0.05, 0.1) is 10.5 Å². The molecule has 0 heterocycles. The van der Waals surface area contributed by atoms with Crippen LogP contribution >= 0.6 is 12.2 Å². The largest absolute Gasteiger partial charge is 0.391 e. The summed E-state index contributed by atoms with van der Waals surface area (Å²) >= 11 is 5.17. The van der Waals surface area contributed by atoms with Gasteiger partial charge in [0, 0.05) is 5.41 Å². The number of carbonyl (C=O) groups is 1. The fourth-order valence-corrected chi connectivity index (χ4v) is 2.39. The maximum atomic E-state index is 12.2. The van der Waals surface area contributed by atoms with Crippen molar-refractivity contribution in [1.29, 1.82) is 0 Å². The molecule has 0 spiro atoms. The van der Waals surface area contributed by atoms with Crippen molar-refractivity contribution in [2.45, 2.75) is 64.8 Å². The van der Waals surface area contributed by atoms with Crippen molar-refractivity contribution in [3.8, 4) is 0 Å². The van der Waals surface area contributed by atoms with Crippen LogP contribution < -0.4 is 11.1 Å². The molecule has 0 aromatic rings. The summed E-state index contributed by atoms with van der Waals surface area (Å²) in [4.78, 5) is 12.7. The van der Waals surface area contributed by atoms with Gasteiger partial charge in [-0.15, -0.1) is 0 Å². The first-order valence-electron chi connectivity index (χ1n) is 6.46. The van der Waals surface area contributed by atoms with Crippen LogP contribution in [0.1, 0.15) is 59.3 Å². The standard InChI is InChI=1S/C13H24N2OS/c1-4-12(2,3)11(16)15-13(10(14)17)8-6-5-7-9-13/h4-9H2,1-3H3,(H2,14,17)(H,15,16). The van der Waals surface area contributed by atoms with Gasteiger partial charge in [-0.1, -0.05) is 52.3 Å². The van der Waals surface area contributed by atoms with E-state index in [0.29, 0.717) is 4.99 Å². The molecule has 4 heteroatoms. The monoisotopic (exact) mass is 256 g/mol. The van der Waals surface area contributed by atoms with E-state index in [2.05, 4.69) is 5.32 Å². The quantitative estimate of drug-likeness (QED) is 0.760. The molecule has 0 unspecified atom stereocenters. The Morgan fingerprint density at radius 3 is 2.29 bits per heavy atom. The number of nitrogens with one attached hydrogen (secondary N) is 1. The summed E-state index contributed by atoms with van der Waals surface area (Å²) in [7, 11) is 0. The molecule has 0 saturated heterocycles. The third kappa shape index (κ3) is 3.18. The normalized spacial score (nSPS) is 19.7. The molecule has 1 rings (SSSR count). The SMILES string of the molecule is CCC(C)(C)C(=O)NC1(C(N)=S)CCCCC1. The van der Waals surface area contributed by atoms with Crippen molar-refractivity contribution in [3.05, 3.63) is 0 Å². The summed E-state index contributed by atoms with van der Waals surface area (Å²) in [5, 5.41) is 3.12. The summed E-state index contributed by atoms with van der Waals surface area (Å²) in [5.41, 5.74) is 5.07. The molecule has 0 aromatic heterocycles. The third-order valence-corrected chi connectivity index (χ3v) is 4.42. The van der Waals surface area contributed by atoms with E-state index in [1.165, 1.54) is 6.42 Å². The van der Waals surface area contributed by atoms with Gasteiger partial charge in [-0.3, -0.25) is 4.79 Å². The topological polar surface area (TPSA) is 55.1 Å². The van der Waals surface area contributed by atoms with E-state index in [9.17, 15) is 4.79 Å². The highest BCUT2D eigenvalue weighted by molar-refractivity contribution is 7.80. The molecule has 0 radical (unpaired) electrons. The summed E-state index contributed by atoms with van der Waals surface area (Å²) in [6.07, 6.45) is 5.96. The van der Waals surface area contributed by atoms with Crippen molar-refractivity contribution < 1.29 is 4.79 Å². The lowest BCUT2D eigenvalue weighted by Crippen LogP contribution is -2.59. The van der Waals surface area contributed by atoms with Crippen LogP contribution in [0.2, 0.25) is 0 Å². The second kappa shape index (κ2) is 5.34. The zero-order chi connectivity index (χ0) is 13.1. The third-order valence-electron chi connectivity index (χ3n) is 4.03. The second-order valence-corrected chi connectivity index (χ2v) is 6.14. The highest BCUT2D eigenvalue weighted by atomic mass is 32.1. The molecule has 1 fully saturated rings. The first-order valence-corrected chi connectivity index (χ1v) is 6.87. The molecule has 3 N–H and O–H groups in total. The first kappa shape index (κ1) is 14.4. The Hall–Kier alpha value is -0.640. The maximum absolute atomic E-state index is 12.2. The van der Waals surface area contributed by atoms with Gasteiger partial charge in [0.2, 0.25) is 5.91 Å². The van der Waals surface area contributed by atoms with Crippen molar-refractivity contribution >= 4 is 23.1 Å². The Balaban J connectivity index is 2.81. The van der Waals surface area contributed by atoms with E-state index in [1.54, 1.807) is 0 Å². The molecule has 1 amide bonds. The number of thiocarbonyl (C=S) groups is 1. The van der Waals surface area contributed by atoms with Gasteiger partial charge in [0.25, 0.3) is 0 Å². The Labute approximate surface area is 110 Å². The van der Waals surface area contributed by atoms with E-state index in [4.69, 9.17) is 18.0 Å². The van der Waals surface area contributed by atoms with Crippen LogP contribution in [0.4, 0.5) is 0 Å². The van der Waals surface area contributed by atoms with Gasteiger partial charge in [-0.05, 0) is 19.3 Å². The van der Waals surface area contributed by atoms with Crippen LogP contribution in [0, 0.1) is 5.41 Å². The lowest BCUT2D eigenvalue weighted by molar-refractivity contribution is -0.131. The van der Waals surface area contributed by atoms with Crippen LogP contribution in [0.5, 0.6) is 0 Å². The fourth-order valence-electron chi connectivity index (χ4n) is 2.14. The van der Waals surface area contributed by atoms with Crippen LogP contribution in [-0.4, -0.2) is 16.4 Å². The molecule has 0 aromatic carbocycles. The van der Waals surface area contributed by atoms with E-state index in [1.807, 2.05) is 20.8 Å². The summed E-state index contributed by atoms with van der Waals surface area (Å²) in [6.45, 7) is 5.94. The Bertz CT molecular complexity index is 307. The highest BCUT2D eigenvalue weighted by Gasteiger charge is 2.39. The van der Waals surface area contributed by atoms with Crippen LogP contribution in [0.15, 0.2) is 0 Å². The first-order chi connectivity index (χ1) is 7.84. The van der Waals surface area contributed by atoms with Gasteiger partial charge >= 0.3 is 0 Å². The van der Waals surface area contributed by atoms with Crippen molar-refractivity contribution in [1.82, 2.24) is 5.32 Å². The molecule has 1 aliphatic carbocycles. The average Bonchev–Trinajstić information content (AvgIpc) is 2.30. The number of nitrogens with two attached hydrogens (primary N) is 1. The van der Waals surface area contributed by atoms with Crippen LogP contribution in [0.25, 0.3) is 0 Å². The molecule has 1 aliphatic rings. The minimum Gasteiger partial charge on any atom is -0.391 e. The van der Waals surface area contributed by atoms with Gasteiger partial charge < -0.3 is 11.1 Å². The number of hydrogen-bond acceptors (Lipinski definition) is 2. The number of carbonyl (C=O) groups excluding carboxylic acids is 1. The number of hydrogen-bond donors (Lipinski definition) is 2. The molecular formula is C13H24N2OS. The average molecular weight is 256 g/mol. The van der Waals surface area contributed by atoms with Gasteiger partial charge in [0.1, 0.15) is 0 Å². The van der Waals surface area contributed by atoms with Crippen LogP contribution in [0.3, 0.4) is 0 Å². The lowest BCUT2D eigenvalue weighted by atomic mass is 9.79. The van der Waals surface area contributed by atoms with Gasteiger partial charge in [-0.25, -0.2) is 0 Å². The predicted octanol–water partition coefficient (Wildman–Crippen LogP) is 2.53. The maximum Gasteiger partial charge on any atom is 0.226 e. The van der Waals surface area contributed by atoms with Gasteiger partial charge in [-0.2, -0.15) is 0 Å². The minimum atomic E-state index is -0.433. The molecule has 1 saturated carbocycles. The predicted molar refractivity (Wildman–Crippen MR) is 74.8 cm³/mol. The summed E-state index contributed by atoms with van der Waals surface area (Å²) < 4.78 is 0. The fraction of sp³-hybridized carbons (Fsp3) is 0.846. The van der Waals surface area contributed by atoms with Gasteiger partial charge in [0.15, 0.2) is 0 Å². The Kier molecular flexibility index (Phi) is 4.53. The Morgan fingerprint density at radius 2 is 1.88 bits per heavy atom. The van der Waals surface area contributed by atoms with E-state index in [0.717, 1.165) is 32.1 Å². The van der Waals surface area contributed by atoms with Crippen LogP contribution in [-0.2, 0) is 4.79 Å². The van der Waals surface area contributed by atoms with Crippen molar-refractivity contribution in [2.24, 2.45) is 11.1 Å². The summed E-state index contributed by atoms with van der Waals surface area (Å²) in [6, 6.07) is 0. The molecule has 0 atom stereocenters. The van der Waals surface area contributed by atoms with E-state index < -0.39 is 5.54 Å². The minimum absolute atomic E-state index is 0.0645. The number of amides is 1. The van der Waals surface area contributed by atoms with E-state index >= 15 is 0 Å². The molecule has 0 bridgehead atoms. The second-order valence-electron chi connectivity index (χ2n) is 5.70. The summed E-state index contributed by atoms with van der Waals surface area (Å²) in [5.74, 6) is 0.0645. The molecule has 17 heavy (non-hydrogen) atoms. The molecule has 3 nitrogen and oxygen atoms in total. The highest BCUT2D eigenvalue weighted by Crippen LogP contribution is 2.30. The van der Waals surface area contributed by atoms with Crippen molar-refractivity contribution in [2.75, 3.05) is 0 Å².